The monoisotopic (exact) mass is 311 g/mol. The van der Waals surface area contributed by atoms with Crippen molar-refractivity contribution in [2.45, 2.75) is 25.8 Å². The van der Waals surface area contributed by atoms with Crippen LogP contribution in [-0.2, 0) is 11.2 Å². The predicted octanol–water partition coefficient (Wildman–Crippen LogP) is 3.02. The SMILES string of the molecule is COc1ccccc1CC(=O)N[C@H](C)CC(=O)c1ccccc1. The van der Waals surface area contributed by atoms with Crippen LogP contribution in [0, 0.1) is 0 Å². The Hall–Kier alpha value is -2.62. The molecule has 0 heterocycles. The molecule has 0 saturated heterocycles. The number of carbonyl (C=O) groups excluding carboxylic acids is 2. The van der Waals surface area contributed by atoms with E-state index < -0.39 is 0 Å². The highest BCUT2D eigenvalue weighted by molar-refractivity contribution is 5.96. The lowest BCUT2D eigenvalue weighted by molar-refractivity contribution is -0.121. The van der Waals surface area contributed by atoms with Crippen LogP contribution in [0.2, 0.25) is 0 Å². The van der Waals surface area contributed by atoms with Crippen molar-refractivity contribution < 1.29 is 14.3 Å². The number of nitrogens with one attached hydrogen (secondary N) is 1. The van der Waals surface area contributed by atoms with Crippen molar-refractivity contribution in [3.63, 3.8) is 0 Å². The van der Waals surface area contributed by atoms with Crippen molar-refractivity contribution in [1.29, 1.82) is 0 Å². The van der Waals surface area contributed by atoms with Gasteiger partial charge in [-0.05, 0) is 13.0 Å². The molecule has 23 heavy (non-hydrogen) atoms. The van der Waals surface area contributed by atoms with E-state index in [1.54, 1.807) is 19.2 Å². The van der Waals surface area contributed by atoms with E-state index in [4.69, 9.17) is 4.74 Å². The van der Waals surface area contributed by atoms with Crippen LogP contribution in [0.15, 0.2) is 54.6 Å². The smallest absolute Gasteiger partial charge is 0.224 e. The second-order valence-electron chi connectivity index (χ2n) is 5.45. The molecule has 0 radical (unpaired) electrons. The van der Waals surface area contributed by atoms with Crippen molar-refractivity contribution in [1.82, 2.24) is 5.32 Å². The lowest BCUT2D eigenvalue weighted by atomic mass is 10.0. The minimum atomic E-state index is -0.218. The molecule has 1 amide bonds. The number of hydrogen-bond acceptors (Lipinski definition) is 3. The fourth-order valence-electron chi connectivity index (χ4n) is 2.42. The molecule has 120 valence electrons. The molecule has 0 spiro atoms. The van der Waals surface area contributed by atoms with Gasteiger partial charge in [0.05, 0.1) is 13.5 Å². The van der Waals surface area contributed by atoms with Crippen LogP contribution >= 0.6 is 0 Å². The van der Waals surface area contributed by atoms with Crippen LogP contribution < -0.4 is 10.1 Å². The number of ketones is 1. The summed E-state index contributed by atoms with van der Waals surface area (Å²) in [6.07, 6.45) is 0.509. The van der Waals surface area contributed by atoms with Crippen molar-refractivity contribution in [2.24, 2.45) is 0 Å². The van der Waals surface area contributed by atoms with E-state index in [2.05, 4.69) is 5.32 Å². The van der Waals surface area contributed by atoms with Crippen LogP contribution in [0.3, 0.4) is 0 Å². The molecular weight excluding hydrogens is 290 g/mol. The summed E-state index contributed by atoms with van der Waals surface area (Å²) < 4.78 is 5.24. The van der Waals surface area contributed by atoms with Crippen LogP contribution in [0.1, 0.15) is 29.3 Å². The second kappa shape index (κ2) is 8.13. The highest BCUT2D eigenvalue weighted by Crippen LogP contribution is 2.17. The number of hydrogen-bond donors (Lipinski definition) is 1. The Balaban J connectivity index is 1.88. The first-order chi connectivity index (χ1) is 11.1. The van der Waals surface area contributed by atoms with Gasteiger partial charge in [-0.1, -0.05) is 48.5 Å². The molecular formula is C19H21NO3. The van der Waals surface area contributed by atoms with Crippen molar-refractivity contribution in [2.75, 3.05) is 7.11 Å². The Kier molecular flexibility index (Phi) is 5.92. The largest absolute Gasteiger partial charge is 0.496 e. The van der Waals surface area contributed by atoms with Gasteiger partial charge in [0.1, 0.15) is 5.75 Å². The van der Waals surface area contributed by atoms with Crippen LogP contribution in [0.4, 0.5) is 0 Å². The molecule has 0 saturated carbocycles. The predicted molar refractivity (Wildman–Crippen MR) is 89.7 cm³/mol. The average molecular weight is 311 g/mol. The van der Waals surface area contributed by atoms with Gasteiger partial charge < -0.3 is 10.1 Å². The Morgan fingerprint density at radius 1 is 1.04 bits per heavy atom. The van der Waals surface area contributed by atoms with E-state index in [0.717, 1.165) is 5.56 Å². The second-order valence-corrected chi connectivity index (χ2v) is 5.45. The zero-order chi connectivity index (χ0) is 16.7. The third-order valence-corrected chi connectivity index (χ3v) is 3.54. The summed E-state index contributed by atoms with van der Waals surface area (Å²) in [7, 11) is 1.58. The van der Waals surface area contributed by atoms with Crippen molar-refractivity contribution in [3.05, 3.63) is 65.7 Å². The maximum Gasteiger partial charge on any atom is 0.224 e. The molecule has 1 atom stereocenters. The van der Waals surface area contributed by atoms with E-state index in [1.165, 1.54) is 0 Å². The topological polar surface area (TPSA) is 55.4 Å². The van der Waals surface area contributed by atoms with Gasteiger partial charge in [-0.2, -0.15) is 0 Å². The molecule has 0 aliphatic rings. The van der Waals surface area contributed by atoms with E-state index in [-0.39, 0.29) is 30.6 Å². The van der Waals surface area contributed by atoms with E-state index in [0.29, 0.717) is 11.3 Å². The summed E-state index contributed by atoms with van der Waals surface area (Å²) in [6, 6.07) is 16.3. The van der Waals surface area contributed by atoms with E-state index in [1.807, 2.05) is 49.4 Å². The first-order valence-corrected chi connectivity index (χ1v) is 7.59. The molecule has 1 N–H and O–H groups in total. The molecule has 0 fully saturated rings. The van der Waals surface area contributed by atoms with Gasteiger partial charge >= 0.3 is 0 Å². The molecule has 2 aromatic carbocycles. The molecule has 0 aliphatic carbocycles. The van der Waals surface area contributed by atoms with Gasteiger partial charge in [-0.3, -0.25) is 9.59 Å². The van der Waals surface area contributed by atoms with Gasteiger partial charge in [-0.15, -0.1) is 0 Å². The van der Waals surface area contributed by atoms with Crippen LogP contribution in [0.5, 0.6) is 5.75 Å². The number of benzene rings is 2. The fraction of sp³-hybridized carbons (Fsp3) is 0.263. The maximum absolute atomic E-state index is 12.1. The number of para-hydroxylation sites is 1. The zero-order valence-corrected chi connectivity index (χ0v) is 13.4. The highest BCUT2D eigenvalue weighted by Gasteiger charge is 2.14. The molecule has 0 aliphatic heterocycles. The molecule has 0 unspecified atom stereocenters. The maximum atomic E-state index is 12.1. The van der Waals surface area contributed by atoms with Crippen LogP contribution in [0.25, 0.3) is 0 Å². The Morgan fingerprint density at radius 2 is 1.70 bits per heavy atom. The first-order valence-electron chi connectivity index (χ1n) is 7.59. The molecule has 0 aromatic heterocycles. The van der Waals surface area contributed by atoms with Gasteiger partial charge in [0.15, 0.2) is 5.78 Å². The van der Waals surface area contributed by atoms with Gasteiger partial charge in [0, 0.05) is 23.6 Å². The van der Waals surface area contributed by atoms with Gasteiger partial charge in [-0.25, -0.2) is 0 Å². The molecule has 4 heteroatoms. The fourth-order valence-corrected chi connectivity index (χ4v) is 2.42. The summed E-state index contributed by atoms with van der Waals surface area (Å²) in [5.41, 5.74) is 1.49. The Morgan fingerprint density at radius 3 is 2.39 bits per heavy atom. The number of methoxy groups -OCH3 is 1. The van der Waals surface area contributed by atoms with E-state index >= 15 is 0 Å². The van der Waals surface area contributed by atoms with Gasteiger partial charge in [0.2, 0.25) is 5.91 Å². The molecule has 4 nitrogen and oxygen atoms in total. The summed E-state index contributed by atoms with van der Waals surface area (Å²) >= 11 is 0. The summed E-state index contributed by atoms with van der Waals surface area (Å²) in [5, 5.41) is 2.87. The van der Waals surface area contributed by atoms with Crippen molar-refractivity contribution >= 4 is 11.7 Å². The van der Waals surface area contributed by atoms with E-state index in [9.17, 15) is 9.59 Å². The third-order valence-electron chi connectivity index (χ3n) is 3.54. The quantitative estimate of drug-likeness (QED) is 0.800. The lowest BCUT2D eigenvalue weighted by Gasteiger charge is -2.14. The number of Topliss-reactive ketones (excluding diaryl/α,β-unsaturated/α-hetero) is 1. The van der Waals surface area contributed by atoms with Crippen LogP contribution in [-0.4, -0.2) is 24.8 Å². The van der Waals surface area contributed by atoms with Gasteiger partial charge in [0.25, 0.3) is 0 Å². The Bertz CT molecular complexity index is 667. The molecule has 2 rings (SSSR count). The number of amides is 1. The number of ether oxygens (including phenoxy) is 1. The average Bonchev–Trinajstić information content (AvgIpc) is 2.55. The van der Waals surface area contributed by atoms with Crippen molar-refractivity contribution in [3.8, 4) is 5.75 Å². The highest BCUT2D eigenvalue weighted by atomic mass is 16.5. The third kappa shape index (κ3) is 4.95. The minimum absolute atomic E-state index is 0.0238. The standard InChI is InChI=1S/C19H21NO3/c1-14(12-17(21)15-8-4-3-5-9-15)20-19(22)13-16-10-6-7-11-18(16)23-2/h3-11,14H,12-13H2,1-2H3,(H,20,22)/t14-/m1/s1. The normalized spacial score (nSPS) is 11.6. The Labute approximate surface area is 136 Å². The molecule has 2 aromatic rings. The minimum Gasteiger partial charge on any atom is -0.496 e. The summed E-state index contributed by atoms with van der Waals surface area (Å²) in [4.78, 5) is 24.3. The summed E-state index contributed by atoms with van der Waals surface area (Å²) in [6.45, 7) is 1.83. The zero-order valence-electron chi connectivity index (χ0n) is 13.4. The number of carbonyl (C=O) groups is 2. The summed E-state index contributed by atoms with van der Waals surface area (Å²) in [5.74, 6) is 0.592. The number of rotatable bonds is 7. The lowest BCUT2D eigenvalue weighted by Crippen LogP contribution is -2.35. The molecule has 0 bridgehead atoms. The first kappa shape index (κ1) is 16.7.